The van der Waals surface area contributed by atoms with Gasteiger partial charge in [0.1, 0.15) is 5.82 Å². The van der Waals surface area contributed by atoms with Crippen LogP contribution in [0.5, 0.6) is 0 Å². The zero-order valence-corrected chi connectivity index (χ0v) is 11.3. The van der Waals surface area contributed by atoms with E-state index in [2.05, 4.69) is 5.32 Å². The Morgan fingerprint density at radius 3 is 2.55 bits per heavy atom. The molecular weight excluding hydrogens is 255 g/mol. The monoisotopic (exact) mass is 272 g/mol. The minimum atomic E-state index is -0.395. The molecule has 0 spiro atoms. The van der Waals surface area contributed by atoms with Crippen LogP contribution in [0.3, 0.4) is 0 Å². The number of benzene rings is 2. The number of carbonyl (C=O) groups is 1. The van der Waals surface area contributed by atoms with Crippen molar-refractivity contribution in [1.29, 1.82) is 0 Å². The van der Waals surface area contributed by atoms with Gasteiger partial charge in [0.05, 0.1) is 0 Å². The average Bonchev–Trinajstić information content (AvgIpc) is 2.40. The summed E-state index contributed by atoms with van der Waals surface area (Å²) in [4.78, 5) is 11.9. The summed E-state index contributed by atoms with van der Waals surface area (Å²) in [5.41, 5.74) is 8.49. The van der Waals surface area contributed by atoms with E-state index in [1.54, 1.807) is 13.0 Å². The van der Waals surface area contributed by atoms with Crippen LogP contribution in [0, 0.1) is 12.7 Å². The molecule has 1 amide bonds. The van der Waals surface area contributed by atoms with Crippen molar-refractivity contribution in [2.75, 3.05) is 12.3 Å². The fraction of sp³-hybridized carbons (Fsp3) is 0.188. The largest absolute Gasteiger partial charge is 0.399 e. The van der Waals surface area contributed by atoms with Crippen LogP contribution in [0.2, 0.25) is 0 Å². The van der Waals surface area contributed by atoms with E-state index in [4.69, 9.17) is 5.73 Å². The number of amides is 1. The maximum Gasteiger partial charge on any atom is 0.251 e. The summed E-state index contributed by atoms with van der Waals surface area (Å²) in [7, 11) is 0. The summed E-state index contributed by atoms with van der Waals surface area (Å²) in [5, 5.41) is 2.78. The highest BCUT2D eigenvalue weighted by Gasteiger charge is 2.07. The molecule has 0 aromatic heterocycles. The molecule has 0 heterocycles. The lowest BCUT2D eigenvalue weighted by atomic mass is 10.1. The minimum absolute atomic E-state index is 0.261. The van der Waals surface area contributed by atoms with Crippen molar-refractivity contribution < 1.29 is 9.18 Å². The van der Waals surface area contributed by atoms with Crippen LogP contribution in [0.25, 0.3) is 0 Å². The standard InChI is InChI=1S/C16H17FN2O/c1-11-8-13(10-14(17)9-11)16(20)19-7-6-12-2-4-15(18)5-3-12/h2-5,8-10H,6-7,18H2,1H3,(H,19,20). The van der Waals surface area contributed by atoms with E-state index in [0.717, 1.165) is 11.1 Å². The number of halogens is 1. The molecular formula is C16H17FN2O. The van der Waals surface area contributed by atoms with E-state index in [1.165, 1.54) is 12.1 Å². The van der Waals surface area contributed by atoms with Crippen LogP contribution in [-0.4, -0.2) is 12.5 Å². The van der Waals surface area contributed by atoms with Crippen LogP contribution < -0.4 is 11.1 Å². The SMILES string of the molecule is Cc1cc(F)cc(C(=O)NCCc2ccc(N)cc2)c1. The number of aryl methyl sites for hydroxylation is 1. The maximum absolute atomic E-state index is 13.2. The Balaban J connectivity index is 1.90. The third kappa shape index (κ3) is 3.82. The molecule has 2 rings (SSSR count). The first-order chi connectivity index (χ1) is 9.54. The highest BCUT2D eigenvalue weighted by molar-refractivity contribution is 5.94. The number of carbonyl (C=O) groups excluding carboxylic acids is 1. The molecule has 0 radical (unpaired) electrons. The van der Waals surface area contributed by atoms with Crippen LogP contribution >= 0.6 is 0 Å². The van der Waals surface area contributed by atoms with Gasteiger partial charge in [-0.1, -0.05) is 12.1 Å². The van der Waals surface area contributed by atoms with Crippen LogP contribution in [0.4, 0.5) is 10.1 Å². The molecule has 0 aliphatic rings. The van der Waals surface area contributed by atoms with Crippen molar-refractivity contribution >= 4 is 11.6 Å². The van der Waals surface area contributed by atoms with Gasteiger partial charge in [-0.2, -0.15) is 0 Å². The van der Waals surface area contributed by atoms with Crippen molar-refractivity contribution in [3.63, 3.8) is 0 Å². The van der Waals surface area contributed by atoms with Crippen LogP contribution in [0.15, 0.2) is 42.5 Å². The molecule has 0 atom stereocenters. The van der Waals surface area contributed by atoms with Crippen molar-refractivity contribution in [3.8, 4) is 0 Å². The number of hydrogen-bond donors (Lipinski definition) is 2. The zero-order valence-electron chi connectivity index (χ0n) is 11.3. The Labute approximate surface area is 117 Å². The van der Waals surface area contributed by atoms with Crippen LogP contribution in [-0.2, 0) is 6.42 Å². The van der Waals surface area contributed by atoms with Gasteiger partial charge < -0.3 is 11.1 Å². The molecule has 2 aromatic carbocycles. The molecule has 0 saturated carbocycles. The van der Waals surface area contributed by atoms with E-state index < -0.39 is 5.82 Å². The molecule has 0 saturated heterocycles. The second kappa shape index (κ2) is 6.19. The molecule has 2 aromatic rings. The smallest absolute Gasteiger partial charge is 0.251 e. The number of rotatable bonds is 4. The first kappa shape index (κ1) is 14.1. The lowest BCUT2D eigenvalue weighted by molar-refractivity contribution is 0.0953. The van der Waals surface area contributed by atoms with Gasteiger partial charge in [0.2, 0.25) is 0 Å². The first-order valence-corrected chi connectivity index (χ1v) is 6.44. The van der Waals surface area contributed by atoms with Crippen molar-refractivity contribution in [3.05, 3.63) is 65.0 Å². The zero-order chi connectivity index (χ0) is 14.5. The number of anilines is 1. The molecule has 0 bridgehead atoms. The van der Waals surface area contributed by atoms with E-state index >= 15 is 0 Å². The maximum atomic E-state index is 13.2. The lowest BCUT2D eigenvalue weighted by Crippen LogP contribution is -2.25. The molecule has 0 aliphatic heterocycles. The quantitative estimate of drug-likeness (QED) is 0.841. The number of nitrogens with one attached hydrogen (secondary N) is 1. The summed E-state index contributed by atoms with van der Waals surface area (Å²) in [6.45, 7) is 2.26. The first-order valence-electron chi connectivity index (χ1n) is 6.44. The second-order valence-corrected chi connectivity index (χ2v) is 4.76. The molecule has 4 heteroatoms. The summed E-state index contributed by atoms with van der Waals surface area (Å²) in [6.07, 6.45) is 0.709. The third-order valence-electron chi connectivity index (χ3n) is 2.98. The van der Waals surface area contributed by atoms with Gasteiger partial charge in [0.25, 0.3) is 5.91 Å². The molecule has 20 heavy (non-hydrogen) atoms. The highest BCUT2D eigenvalue weighted by atomic mass is 19.1. The van der Waals surface area contributed by atoms with E-state index in [0.29, 0.717) is 24.2 Å². The Kier molecular flexibility index (Phi) is 4.35. The van der Waals surface area contributed by atoms with Crippen LogP contribution in [0.1, 0.15) is 21.5 Å². The van der Waals surface area contributed by atoms with E-state index in [1.807, 2.05) is 24.3 Å². The van der Waals surface area contributed by atoms with Gasteiger partial charge >= 0.3 is 0 Å². The Morgan fingerprint density at radius 1 is 1.20 bits per heavy atom. The van der Waals surface area contributed by atoms with Gasteiger partial charge in [-0.05, 0) is 54.8 Å². The third-order valence-corrected chi connectivity index (χ3v) is 2.98. The summed E-state index contributed by atoms with van der Waals surface area (Å²) >= 11 is 0. The van der Waals surface area contributed by atoms with E-state index in [9.17, 15) is 9.18 Å². The molecule has 0 aliphatic carbocycles. The number of nitrogens with two attached hydrogens (primary N) is 1. The van der Waals surface area contributed by atoms with Crippen molar-refractivity contribution in [2.24, 2.45) is 0 Å². The average molecular weight is 272 g/mol. The predicted octanol–water partition coefficient (Wildman–Crippen LogP) is 2.69. The topological polar surface area (TPSA) is 55.1 Å². The Hall–Kier alpha value is -2.36. The number of hydrogen-bond acceptors (Lipinski definition) is 2. The molecule has 3 N–H and O–H groups in total. The minimum Gasteiger partial charge on any atom is -0.399 e. The van der Waals surface area contributed by atoms with E-state index in [-0.39, 0.29) is 5.91 Å². The highest BCUT2D eigenvalue weighted by Crippen LogP contribution is 2.09. The normalized spacial score (nSPS) is 10.3. The molecule has 3 nitrogen and oxygen atoms in total. The van der Waals surface area contributed by atoms with Crippen molar-refractivity contribution in [1.82, 2.24) is 5.32 Å². The predicted molar refractivity (Wildman–Crippen MR) is 78.0 cm³/mol. The Morgan fingerprint density at radius 2 is 1.90 bits per heavy atom. The fourth-order valence-electron chi connectivity index (χ4n) is 1.97. The van der Waals surface area contributed by atoms with Gasteiger partial charge in [0.15, 0.2) is 0 Å². The van der Waals surface area contributed by atoms with Gasteiger partial charge in [-0.25, -0.2) is 4.39 Å². The lowest BCUT2D eigenvalue weighted by Gasteiger charge is -2.07. The summed E-state index contributed by atoms with van der Waals surface area (Å²) in [6, 6.07) is 11.8. The number of nitrogen functional groups attached to an aromatic ring is 1. The van der Waals surface area contributed by atoms with Gasteiger partial charge in [-0.3, -0.25) is 4.79 Å². The Bertz CT molecular complexity index is 588. The molecule has 104 valence electrons. The molecule has 0 unspecified atom stereocenters. The second-order valence-electron chi connectivity index (χ2n) is 4.76. The van der Waals surface area contributed by atoms with Gasteiger partial charge in [-0.15, -0.1) is 0 Å². The fourth-order valence-corrected chi connectivity index (χ4v) is 1.97. The molecule has 0 fully saturated rings. The summed E-state index contributed by atoms with van der Waals surface area (Å²) < 4.78 is 13.2. The van der Waals surface area contributed by atoms with Crippen molar-refractivity contribution in [2.45, 2.75) is 13.3 Å². The summed E-state index contributed by atoms with van der Waals surface area (Å²) in [5.74, 6) is -0.656. The van der Waals surface area contributed by atoms with Gasteiger partial charge in [0, 0.05) is 17.8 Å².